The van der Waals surface area contributed by atoms with Crippen molar-refractivity contribution >= 4 is 52.4 Å². The molecule has 1 unspecified atom stereocenters. The number of thiocarbonyl (C=S) groups is 2. The van der Waals surface area contributed by atoms with Crippen LogP contribution in [0.25, 0.3) is 0 Å². The highest BCUT2D eigenvalue weighted by molar-refractivity contribution is 7.79. The molecule has 0 spiro atoms. The molecule has 11 nitrogen and oxygen atoms in total. The Morgan fingerprint density at radius 1 is 1.35 bits per heavy atom. The van der Waals surface area contributed by atoms with Gasteiger partial charge in [-0.05, 0) is 0 Å². The zero-order valence-corrected chi connectivity index (χ0v) is 15.8. The van der Waals surface area contributed by atoms with Crippen molar-refractivity contribution in [3.63, 3.8) is 0 Å². The molecule has 0 radical (unpaired) electrons. The summed E-state index contributed by atoms with van der Waals surface area (Å²) in [6.45, 7) is 1.82. The molecule has 13 heteroatoms. The minimum Gasteiger partial charge on any atom is -0.460 e. The van der Waals surface area contributed by atoms with E-state index in [1.165, 1.54) is 14.2 Å². The summed E-state index contributed by atoms with van der Waals surface area (Å²) in [6.07, 6.45) is 0.248. The third kappa shape index (κ3) is 5.86. The first kappa shape index (κ1) is 19.9. The topological polar surface area (TPSA) is 136 Å². The zero-order chi connectivity index (χ0) is 19.1. The summed E-state index contributed by atoms with van der Waals surface area (Å²) in [5.41, 5.74) is 5.51. The highest BCUT2D eigenvalue weighted by atomic mass is 32.1. The number of hydrogen-bond donors (Lipinski definition) is 3. The molecule has 3 heterocycles. The van der Waals surface area contributed by atoms with Crippen molar-refractivity contribution in [3.8, 4) is 0 Å². The molecular weight excluding hydrogens is 386 g/mol. The number of nitrogen functional groups attached to an aromatic ring is 1. The average Bonchev–Trinajstić information content (AvgIpc) is 3.37. The third-order valence-electron chi connectivity index (χ3n) is 3.13. The third-order valence-corrected chi connectivity index (χ3v) is 3.69. The van der Waals surface area contributed by atoms with Gasteiger partial charge >= 0.3 is 10.5 Å². The molecule has 144 valence electrons. The summed E-state index contributed by atoms with van der Waals surface area (Å²) in [6, 6.07) is 0. The number of nitrogens with zero attached hydrogens (tertiary/aromatic N) is 2. The second-order valence-corrected chi connectivity index (χ2v) is 5.64. The molecule has 1 fully saturated rings. The van der Waals surface area contributed by atoms with Crippen LogP contribution in [0, 0.1) is 0 Å². The van der Waals surface area contributed by atoms with Crippen LogP contribution in [0.4, 0.5) is 17.5 Å². The standard InChI is InChI=1S/C8H11N5O3S.C5H8O3S/c1-15-8(17)16-3-13-2-10-4-5(13)11-7(9)12-6(4)14;1-6-5(9)8-3-4-2-7-4/h10H,2-3H2,1H3,(H3,9,11,12,14);4H,2-3H2,1H3. The van der Waals surface area contributed by atoms with Crippen molar-refractivity contribution in [1.82, 2.24) is 9.97 Å². The fourth-order valence-electron chi connectivity index (χ4n) is 1.80. The van der Waals surface area contributed by atoms with E-state index in [1.807, 2.05) is 0 Å². The fourth-order valence-corrected chi connectivity index (χ4v) is 1.92. The monoisotopic (exact) mass is 405 g/mol. The van der Waals surface area contributed by atoms with Crippen LogP contribution in [0.5, 0.6) is 0 Å². The lowest BCUT2D eigenvalue weighted by atomic mass is 10.5. The second kappa shape index (κ2) is 9.35. The number of nitrogens with one attached hydrogen (secondary N) is 2. The number of aromatic nitrogens is 2. The molecule has 0 aromatic carbocycles. The van der Waals surface area contributed by atoms with E-state index in [-0.39, 0.29) is 34.8 Å². The summed E-state index contributed by atoms with van der Waals surface area (Å²) < 4.78 is 24.2. The Balaban J connectivity index is 0.000000228. The number of nitrogens with two attached hydrogens (primary N) is 1. The highest BCUT2D eigenvalue weighted by Gasteiger charge is 2.24. The normalized spacial score (nSPS) is 16.4. The Bertz CT molecular complexity index is 711. The van der Waals surface area contributed by atoms with Gasteiger partial charge in [0.1, 0.15) is 18.4 Å². The summed E-state index contributed by atoms with van der Waals surface area (Å²) in [4.78, 5) is 19.6. The summed E-state index contributed by atoms with van der Waals surface area (Å²) in [7, 11) is 2.90. The van der Waals surface area contributed by atoms with Gasteiger partial charge in [0.15, 0.2) is 12.5 Å². The average molecular weight is 405 g/mol. The van der Waals surface area contributed by atoms with Crippen LogP contribution in [-0.4, -0.2) is 67.4 Å². The van der Waals surface area contributed by atoms with Gasteiger partial charge in [-0.1, -0.05) is 0 Å². The van der Waals surface area contributed by atoms with E-state index < -0.39 is 0 Å². The minimum absolute atomic E-state index is 0.0243. The van der Waals surface area contributed by atoms with Crippen molar-refractivity contribution in [2.24, 2.45) is 0 Å². The molecule has 0 saturated carbocycles. The van der Waals surface area contributed by atoms with Gasteiger partial charge in [-0.3, -0.25) is 9.78 Å². The van der Waals surface area contributed by atoms with Gasteiger partial charge in [-0.15, -0.1) is 0 Å². The first-order valence-corrected chi connectivity index (χ1v) is 8.18. The number of anilines is 3. The second-order valence-electron chi connectivity index (χ2n) is 4.97. The maximum atomic E-state index is 11.5. The van der Waals surface area contributed by atoms with Crippen molar-refractivity contribution in [3.05, 3.63) is 10.4 Å². The van der Waals surface area contributed by atoms with Gasteiger partial charge in [-0.25, -0.2) is 0 Å². The quantitative estimate of drug-likeness (QED) is 0.451. The largest absolute Gasteiger partial charge is 0.460 e. The van der Waals surface area contributed by atoms with E-state index in [2.05, 4.69) is 32.2 Å². The lowest BCUT2D eigenvalue weighted by molar-refractivity contribution is 0.188. The molecule has 3 rings (SSSR count). The maximum Gasteiger partial charge on any atom is 0.353 e. The number of H-pyrrole nitrogens is 1. The van der Waals surface area contributed by atoms with Crippen LogP contribution >= 0.6 is 24.4 Å². The van der Waals surface area contributed by atoms with Gasteiger partial charge in [0, 0.05) is 24.4 Å². The SMILES string of the molecule is COC(=S)OCC1CO1.COC(=S)OCN1CNc2c1nc(N)[nH]c2=O. The van der Waals surface area contributed by atoms with E-state index in [0.717, 1.165) is 6.61 Å². The fraction of sp³-hybridized carbons (Fsp3) is 0.538. The minimum atomic E-state index is -0.315. The van der Waals surface area contributed by atoms with Crippen molar-refractivity contribution in [2.75, 3.05) is 56.8 Å². The van der Waals surface area contributed by atoms with Crippen LogP contribution in [0.1, 0.15) is 0 Å². The van der Waals surface area contributed by atoms with Crippen LogP contribution in [0.2, 0.25) is 0 Å². The number of hydrogen-bond acceptors (Lipinski definition) is 12. The summed E-state index contributed by atoms with van der Waals surface area (Å²) in [5, 5.41) is 3.10. The Kier molecular flexibility index (Phi) is 7.17. The molecule has 2 aliphatic rings. The molecule has 1 aromatic rings. The molecule has 0 bridgehead atoms. The molecule has 0 amide bonds. The van der Waals surface area contributed by atoms with E-state index in [1.54, 1.807) is 4.90 Å². The summed E-state index contributed by atoms with van der Waals surface area (Å²) in [5.74, 6) is 0.488. The Hall–Kier alpha value is -2.38. The maximum absolute atomic E-state index is 11.5. The Morgan fingerprint density at radius 3 is 2.62 bits per heavy atom. The number of fused-ring (bicyclic) bond motifs is 1. The zero-order valence-electron chi connectivity index (χ0n) is 14.1. The number of methoxy groups -OCH3 is 2. The van der Waals surface area contributed by atoms with Crippen LogP contribution in [-0.2, 0) is 23.7 Å². The molecule has 4 N–H and O–H groups in total. The van der Waals surface area contributed by atoms with Gasteiger partial charge in [0.05, 0.1) is 27.5 Å². The van der Waals surface area contributed by atoms with Gasteiger partial charge in [0.25, 0.3) is 5.56 Å². The molecule has 1 saturated heterocycles. The predicted octanol–water partition coefficient (Wildman–Crippen LogP) is -0.220. The van der Waals surface area contributed by atoms with Crippen molar-refractivity contribution in [2.45, 2.75) is 6.10 Å². The first-order valence-electron chi connectivity index (χ1n) is 7.36. The van der Waals surface area contributed by atoms with Crippen molar-refractivity contribution < 1.29 is 23.7 Å². The van der Waals surface area contributed by atoms with E-state index >= 15 is 0 Å². The number of epoxide rings is 1. The van der Waals surface area contributed by atoms with Gasteiger partial charge < -0.3 is 39.6 Å². The summed E-state index contributed by atoms with van der Waals surface area (Å²) >= 11 is 9.34. The molecule has 26 heavy (non-hydrogen) atoms. The van der Waals surface area contributed by atoms with Crippen LogP contribution in [0.3, 0.4) is 0 Å². The van der Waals surface area contributed by atoms with E-state index in [0.29, 0.717) is 24.8 Å². The number of aromatic amines is 1. The van der Waals surface area contributed by atoms with Crippen LogP contribution in [0.15, 0.2) is 4.79 Å². The molecular formula is C13H19N5O6S2. The Labute approximate surface area is 159 Å². The lowest BCUT2D eigenvalue weighted by Crippen LogP contribution is -2.28. The molecule has 1 aromatic heterocycles. The lowest BCUT2D eigenvalue weighted by Gasteiger charge is -2.16. The van der Waals surface area contributed by atoms with Gasteiger partial charge in [-0.2, -0.15) is 4.98 Å². The number of ether oxygens (including phenoxy) is 5. The predicted molar refractivity (Wildman–Crippen MR) is 101 cm³/mol. The van der Waals surface area contributed by atoms with Crippen LogP contribution < -0.4 is 21.5 Å². The van der Waals surface area contributed by atoms with Gasteiger partial charge in [0.2, 0.25) is 5.95 Å². The van der Waals surface area contributed by atoms with E-state index in [9.17, 15) is 4.79 Å². The molecule has 0 aliphatic carbocycles. The molecule has 1 atom stereocenters. The first-order chi connectivity index (χ1) is 12.4. The van der Waals surface area contributed by atoms with E-state index in [4.69, 9.17) is 36.9 Å². The molecule has 2 aliphatic heterocycles. The number of rotatable bonds is 4. The van der Waals surface area contributed by atoms with Crippen molar-refractivity contribution in [1.29, 1.82) is 0 Å². The smallest absolute Gasteiger partial charge is 0.353 e. The highest BCUT2D eigenvalue weighted by Crippen LogP contribution is 2.25. The Morgan fingerprint density at radius 2 is 2.00 bits per heavy atom.